The third kappa shape index (κ3) is 5.15. The number of esters is 1. The van der Waals surface area contributed by atoms with Crippen molar-refractivity contribution in [2.45, 2.75) is 32.6 Å². The van der Waals surface area contributed by atoms with Gasteiger partial charge in [0, 0.05) is 16.0 Å². The van der Waals surface area contributed by atoms with Crippen LogP contribution in [0.4, 0.5) is 10.7 Å². The molecule has 196 valence electrons. The van der Waals surface area contributed by atoms with Gasteiger partial charge in [-0.25, -0.2) is 9.79 Å². The molecule has 0 saturated heterocycles. The van der Waals surface area contributed by atoms with E-state index in [1.807, 2.05) is 0 Å². The molecule has 1 amide bonds. The van der Waals surface area contributed by atoms with Gasteiger partial charge in [-0.3, -0.25) is 4.79 Å². The van der Waals surface area contributed by atoms with Gasteiger partial charge in [-0.05, 0) is 86.7 Å². The van der Waals surface area contributed by atoms with E-state index in [4.69, 9.17) is 23.6 Å². The molecule has 0 spiro atoms. The summed E-state index contributed by atoms with van der Waals surface area (Å²) in [6.45, 7) is 2.04. The van der Waals surface area contributed by atoms with E-state index in [-0.39, 0.29) is 17.7 Å². The molecule has 4 aromatic rings. The number of nitrogens with one attached hydrogen (secondary N) is 1. The third-order valence-electron chi connectivity index (χ3n) is 6.38. The number of anilines is 1. The Morgan fingerprint density at radius 2 is 1.74 bits per heavy atom. The summed E-state index contributed by atoms with van der Waals surface area (Å²) in [4.78, 5) is 32.4. The van der Waals surface area contributed by atoms with Crippen LogP contribution in [0.3, 0.4) is 0 Å². The monoisotopic (exact) mass is 532 g/mol. The maximum Gasteiger partial charge on any atom is 0.341 e. The van der Waals surface area contributed by atoms with E-state index in [2.05, 4.69) is 5.32 Å². The van der Waals surface area contributed by atoms with Crippen LogP contribution in [0.15, 0.2) is 57.9 Å². The average Bonchev–Trinajstić information content (AvgIpc) is 3.30. The molecule has 0 atom stereocenters. The molecule has 0 aliphatic heterocycles. The van der Waals surface area contributed by atoms with Crippen LogP contribution in [0, 0.1) is 0 Å². The predicted molar refractivity (Wildman–Crippen MR) is 146 cm³/mol. The van der Waals surface area contributed by atoms with Crippen LogP contribution in [0.25, 0.3) is 11.0 Å². The van der Waals surface area contributed by atoms with Gasteiger partial charge in [-0.15, -0.1) is 11.3 Å². The fourth-order valence-electron chi connectivity index (χ4n) is 4.49. The SMILES string of the molecule is CCOC(=O)c1c(N=c2oc3ccc(OC)cc3cc2C(=O)Nc2ccc(OC)cc2)sc2c1CCCC2. The first-order valence-corrected chi connectivity index (χ1v) is 13.3. The number of ether oxygens (including phenoxy) is 3. The van der Waals surface area contributed by atoms with Gasteiger partial charge in [0.05, 0.1) is 26.4 Å². The lowest BCUT2D eigenvalue weighted by Crippen LogP contribution is -2.21. The summed E-state index contributed by atoms with van der Waals surface area (Å²) in [6, 6.07) is 14.1. The van der Waals surface area contributed by atoms with Crippen molar-refractivity contribution in [3.8, 4) is 11.5 Å². The lowest BCUT2D eigenvalue weighted by molar-refractivity contribution is 0.0526. The number of aryl methyl sites for hydroxylation is 1. The summed E-state index contributed by atoms with van der Waals surface area (Å²) in [7, 11) is 3.16. The fraction of sp³-hybridized carbons (Fsp3) is 0.276. The standard InChI is InChI=1S/C29H28N2O6S/c1-4-36-29(33)25-21-7-5-6-8-24(21)38-28(25)31-27-22(16-17-15-20(35-3)13-14-23(17)37-27)26(32)30-18-9-11-19(34-2)12-10-18/h9-16H,4-8H2,1-3H3,(H,30,32). The van der Waals surface area contributed by atoms with Gasteiger partial charge in [0.25, 0.3) is 5.91 Å². The second-order valence-electron chi connectivity index (χ2n) is 8.77. The number of methoxy groups -OCH3 is 2. The molecule has 1 N–H and O–H groups in total. The van der Waals surface area contributed by atoms with Gasteiger partial charge < -0.3 is 23.9 Å². The zero-order valence-corrected chi connectivity index (χ0v) is 22.3. The largest absolute Gasteiger partial charge is 0.497 e. The van der Waals surface area contributed by atoms with E-state index in [1.54, 1.807) is 69.7 Å². The van der Waals surface area contributed by atoms with E-state index < -0.39 is 11.9 Å². The molecule has 5 rings (SSSR count). The second-order valence-corrected chi connectivity index (χ2v) is 9.86. The summed E-state index contributed by atoms with van der Waals surface area (Å²) in [5.41, 5.74) is 2.92. The molecule has 2 aromatic carbocycles. The number of carbonyl (C=O) groups is 2. The Morgan fingerprint density at radius 3 is 2.47 bits per heavy atom. The number of amides is 1. The Kier molecular flexibility index (Phi) is 7.46. The van der Waals surface area contributed by atoms with Crippen LogP contribution in [0.5, 0.6) is 11.5 Å². The first-order chi connectivity index (χ1) is 18.5. The summed E-state index contributed by atoms with van der Waals surface area (Å²) in [5, 5.41) is 4.07. The quantitative estimate of drug-likeness (QED) is 0.291. The predicted octanol–water partition coefficient (Wildman–Crippen LogP) is 6.05. The van der Waals surface area contributed by atoms with Crippen LogP contribution in [0.1, 0.15) is 50.9 Å². The van der Waals surface area contributed by atoms with Gasteiger partial charge >= 0.3 is 5.97 Å². The third-order valence-corrected chi connectivity index (χ3v) is 7.57. The topological polar surface area (TPSA) is 99.4 Å². The minimum Gasteiger partial charge on any atom is -0.497 e. The molecule has 1 aliphatic carbocycles. The van der Waals surface area contributed by atoms with Crippen molar-refractivity contribution < 1.29 is 28.2 Å². The van der Waals surface area contributed by atoms with E-state index >= 15 is 0 Å². The van der Waals surface area contributed by atoms with Crippen LogP contribution < -0.4 is 20.3 Å². The molecule has 2 aromatic heterocycles. The number of thiophene rings is 1. The minimum absolute atomic E-state index is 0.109. The first kappa shape index (κ1) is 25.5. The fourth-order valence-corrected chi connectivity index (χ4v) is 5.73. The minimum atomic E-state index is -0.402. The molecule has 0 bridgehead atoms. The zero-order chi connectivity index (χ0) is 26.6. The van der Waals surface area contributed by atoms with Crippen molar-refractivity contribution in [3.05, 3.63) is 75.7 Å². The number of nitrogens with zero attached hydrogens (tertiary/aromatic N) is 1. The molecular formula is C29H28N2O6S. The Hall–Kier alpha value is -4.11. The summed E-state index contributed by atoms with van der Waals surface area (Å²) in [6.07, 6.45) is 3.76. The number of hydrogen-bond donors (Lipinski definition) is 1. The molecule has 2 heterocycles. The van der Waals surface area contributed by atoms with Crippen molar-refractivity contribution in [1.82, 2.24) is 0 Å². The molecule has 38 heavy (non-hydrogen) atoms. The van der Waals surface area contributed by atoms with Gasteiger partial charge in [0.1, 0.15) is 27.6 Å². The average molecular weight is 533 g/mol. The highest BCUT2D eigenvalue weighted by Gasteiger charge is 2.27. The maximum absolute atomic E-state index is 13.5. The molecule has 0 saturated carbocycles. The number of benzene rings is 2. The molecular weight excluding hydrogens is 504 g/mol. The van der Waals surface area contributed by atoms with Crippen molar-refractivity contribution in [2.24, 2.45) is 4.99 Å². The number of hydrogen-bond acceptors (Lipinski definition) is 8. The highest BCUT2D eigenvalue weighted by molar-refractivity contribution is 7.16. The van der Waals surface area contributed by atoms with Gasteiger partial charge in [0.2, 0.25) is 5.55 Å². The smallest absolute Gasteiger partial charge is 0.341 e. The molecule has 1 aliphatic rings. The van der Waals surface area contributed by atoms with Crippen molar-refractivity contribution in [2.75, 3.05) is 26.1 Å². The number of fused-ring (bicyclic) bond motifs is 2. The number of rotatable bonds is 7. The van der Waals surface area contributed by atoms with E-state index in [0.29, 0.717) is 38.7 Å². The van der Waals surface area contributed by atoms with E-state index in [1.165, 1.54) is 11.3 Å². The van der Waals surface area contributed by atoms with Crippen LogP contribution in [-0.2, 0) is 17.6 Å². The van der Waals surface area contributed by atoms with Gasteiger partial charge in [0.15, 0.2) is 0 Å². The zero-order valence-electron chi connectivity index (χ0n) is 21.5. The van der Waals surface area contributed by atoms with Crippen molar-refractivity contribution >= 4 is 44.9 Å². The van der Waals surface area contributed by atoms with E-state index in [0.717, 1.165) is 36.1 Å². The van der Waals surface area contributed by atoms with Crippen molar-refractivity contribution in [1.29, 1.82) is 0 Å². The summed E-state index contributed by atoms with van der Waals surface area (Å²) < 4.78 is 22.1. The lowest BCUT2D eigenvalue weighted by atomic mass is 9.95. The van der Waals surface area contributed by atoms with Crippen LogP contribution >= 0.6 is 11.3 Å². The maximum atomic E-state index is 13.5. The molecule has 0 radical (unpaired) electrons. The number of carbonyl (C=O) groups excluding carboxylic acids is 2. The highest BCUT2D eigenvalue weighted by Crippen LogP contribution is 2.40. The Balaban J connectivity index is 1.66. The summed E-state index contributed by atoms with van der Waals surface area (Å²) >= 11 is 1.46. The van der Waals surface area contributed by atoms with Crippen LogP contribution in [0.2, 0.25) is 0 Å². The van der Waals surface area contributed by atoms with Gasteiger partial charge in [-0.1, -0.05) is 0 Å². The first-order valence-electron chi connectivity index (χ1n) is 12.4. The van der Waals surface area contributed by atoms with E-state index in [9.17, 15) is 9.59 Å². The highest BCUT2D eigenvalue weighted by atomic mass is 32.1. The second kappa shape index (κ2) is 11.1. The molecule has 0 unspecified atom stereocenters. The Morgan fingerprint density at radius 1 is 1.00 bits per heavy atom. The summed E-state index contributed by atoms with van der Waals surface area (Å²) in [5.74, 6) is 0.510. The molecule has 0 fully saturated rings. The normalized spacial score (nSPS) is 13.2. The van der Waals surface area contributed by atoms with Crippen LogP contribution in [-0.4, -0.2) is 32.7 Å². The Bertz CT molecular complexity index is 1570. The molecule has 8 nitrogen and oxygen atoms in total. The van der Waals surface area contributed by atoms with Gasteiger partial charge in [-0.2, -0.15) is 0 Å². The molecule has 9 heteroatoms. The Labute approximate surface area is 223 Å². The lowest BCUT2D eigenvalue weighted by Gasteiger charge is -2.11. The van der Waals surface area contributed by atoms with Crippen molar-refractivity contribution in [3.63, 3.8) is 0 Å².